The van der Waals surface area contributed by atoms with Crippen LogP contribution in [0, 0.1) is 0 Å². The molecule has 24 heavy (non-hydrogen) atoms. The summed E-state index contributed by atoms with van der Waals surface area (Å²) in [5, 5.41) is 10.2. The minimum absolute atomic E-state index is 0.0526. The number of pyridine rings is 1. The molecule has 0 unspecified atom stereocenters. The van der Waals surface area contributed by atoms with Crippen molar-refractivity contribution in [3.8, 4) is 5.75 Å². The zero-order valence-corrected chi connectivity index (χ0v) is 14.3. The first kappa shape index (κ1) is 16.2. The van der Waals surface area contributed by atoms with Crippen LogP contribution in [0.4, 0.5) is 5.69 Å². The minimum atomic E-state index is -0.205. The average molecular weight is 383 g/mol. The third-order valence-corrected chi connectivity index (χ3v) is 4.03. The molecule has 1 amide bonds. The van der Waals surface area contributed by atoms with Crippen LogP contribution in [-0.2, 0) is 6.54 Å². The zero-order valence-electron chi connectivity index (χ0n) is 12.8. The summed E-state index contributed by atoms with van der Waals surface area (Å²) in [5.74, 6) is -0.153. The molecule has 4 nitrogen and oxygen atoms in total. The highest BCUT2D eigenvalue weighted by molar-refractivity contribution is 9.10. The number of amides is 1. The second-order valence-electron chi connectivity index (χ2n) is 5.21. The molecule has 120 valence electrons. The Hall–Kier alpha value is -2.66. The standard InChI is InChI=1S/C19H15BrN2O2/c20-15-7-5-6-14(12-15)19(24)22(13-16-8-3-4-11-21-16)17-9-1-2-10-18(17)23/h1-12,23H,13H2. The Labute approximate surface area is 148 Å². The maximum Gasteiger partial charge on any atom is 0.258 e. The van der Waals surface area contributed by atoms with Gasteiger partial charge in [-0.3, -0.25) is 14.7 Å². The van der Waals surface area contributed by atoms with Crippen LogP contribution in [0.2, 0.25) is 0 Å². The number of carbonyl (C=O) groups excluding carboxylic acids is 1. The fourth-order valence-corrected chi connectivity index (χ4v) is 2.79. The molecule has 2 aromatic carbocycles. The summed E-state index contributed by atoms with van der Waals surface area (Å²) in [6, 6.07) is 19.5. The monoisotopic (exact) mass is 382 g/mol. The predicted molar refractivity (Wildman–Crippen MR) is 97.0 cm³/mol. The number of phenolic OH excluding ortho intramolecular Hbond substituents is 1. The van der Waals surface area contributed by atoms with E-state index in [1.165, 1.54) is 4.90 Å². The summed E-state index contributed by atoms with van der Waals surface area (Å²) in [6.45, 7) is 0.268. The van der Waals surface area contributed by atoms with Crippen molar-refractivity contribution in [3.05, 3.63) is 88.7 Å². The van der Waals surface area contributed by atoms with E-state index in [4.69, 9.17) is 0 Å². The molecule has 0 saturated heterocycles. The van der Waals surface area contributed by atoms with Crippen molar-refractivity contribution in [3.63, 3.8) is 0 Å². The first-order chi connectivity index (χ1) is 11.6. The normalized spacial score (nSPS) is 10.4. The van der Waals surface area contributed by atoms with Gasteiger partial charge in [-0.2, -0.15) is 0 Å². The molecule has 0 radical (unpaired) electrons. The lowest BCUT2D eigenvalue weighted by molar-refractivity contribution is 0.0984. The van der Waals surface area contributed by atoms with Crippen molar-refractivity contribution < 1.29 is 9.90 Å². The van der Waals surface area contributed by atoms with Gasteiger partial charge in [0.25, 0.3) is 5.91 Å². The molecule has 0 aliphatic rings. The van der Waals surface area contributed by atoms with Crippen molar-refractivity contribution in [1.82, 2.24) is 4.98 Å². The average Bonchev–Trinajstić information content (AvgIpc) is 2.61. The predicted octanol–water partition coefficient (Wildman–Crippen LogP) is 4.40. The van der Waals surface area contributed by atoms with Gasteiger partial charge in [-0.1, -0.05) is 40.2 Å². The SMILES string of the molecule is O=C(c1cccc(Br)c1)N(Cc1ccccn1)c1ccccc1O. The summed E-state index contributed by atoms with van der Waals surface area (Å²) >= 11 is 3.38. The van der Waals surface area contributed by atoms with Crippen molar-refractivity contribution >= 4 is 27.5 Å². The van der Waals surface area contributed by atoms with Gasteiger partial charge in [0.05, 0.1) is 17.9 Å². The Morgan fingerprint density at radius 1 is 1.04 bits per heavy atom. The van der Waals surface area contributed by atoms with Gasteiger partial charge < -0.3 is 5.11 Å². The molecule has 0 aliphatic heterocycles. The van der Waals surface area contributed by atoms with Gasteiger partial charge in [-0.25, -0.2) is 0 Å². The summed E-state index contributed by atoms with van der Waals surface area (Å²) in [7, 11) is 0. The van der Waals surface area contributed by atoms with Crippen LogP contribution in [0.15, 0.2) is 77.4 Å². The van der Waals surface area contributed by atoms with Crippen molar-refractivity contribution in [2.24, 2.45) is 0 Å². The lowest BCUT2D eigenvalue weighted by atomic mass is 10.1. The number of anilines is 1. The molecule has 0 atom stereocenters. The number of hydrogen-bond donors (Lipinski definition) is 1. The molecule has 3 aromatic rings. The second kappa shape index (κ2) is 7.27. The minimum Gasteiger partial charge on any atom is -0.506 e. The van der Waals surface area contributed by atoms with Crippen molar-refractivity contribution in [1.29, 1.82) is 0 Å². The van der Waals surface area contributed by atoms with Gasteiger partial charge in [0, 0.05) is 16.2 Å². The van der Waals surface area contributed by atoms with Gasteiger partial charge >= 0.3 is 0 Å². The molecule has 5 heteroatoms. The van der Waals surface area contributed by atoms with Crippen LogP contribution in [0.1, 0.15) is 16.1 Å². The van der Waals surface area contributed by atoms with Crippen LogP contribution in [0.3, 0.4) is 0 Å². The molecular weight excluding hydrogens is 368 g/mol. The summed E-state index contributed by atoms with van der Waals surface area (Å²) < 4.78 is 0.823. The van der Waals surface area contributed by atoms with Gasteiger partial charge in [0.2, 0.25) is 0 Å². The highest BCUT2D eigenvalue weighted by Crippen LogP contribution is 2.29. The van der Waals surface area contributed by atoms with Gasteiger partial charge in [0.15, 0.2) is 0 Å². The molecule has 1 N–H and O–H groups in total. The van der Waals surface area contributed by atoms with E-state index in [1.54, 1.807) is 48.7 Å². The number of carbonyl (C=O) groups is 1. The number of rotatable bonds is 4. The molecule has 0 bridgehead atoms. The number of nitrogens with zero attached hydrogens (tertiary/aromatic N) is 2. The summed E-state index contributed by atoms with van der Waals surface area (Å²) in [6.07, 6.45) is 1.68. The Morgan fingerprint density at radius 2 is 1.83 bits per heavy atom. The summed E-state index contributed by atoms with van der Waals surface area (Å²) in [4.78, 5) is 18.8. The number of phenols is 1. The van der Waals surface area contributed by atoms with Crippen LogP contribution < -0.4 is 4.90 Å². The highest BCUT2D eigenvalue weighted by atomic mass is 79.9. The molecule has 0 saturated carbocycles. The van der Waals surface area contributed by atoms with Gasteiger partial charge in [-0.15, -0.1) is 0 Å². The third-order valence-electron chi connectivity index (χ3n) is 3.54. The smallest absolute Gasteiger partial charge is 0.258 e. The summed E-state index contributed by atoms with van der Waals surface area (Å²) in [5.41, 5.74) is 1.72. The first-order valence-corrected chi connectivity index (χ1v) is 8.20. The molecule has 0 fully saturated rings. The second-order valence-corrected chi connectivity index (χ2v) is 6.13. The zero-order chi connectivity index (χ0) is 16.9. The van der Waals surface area contributed by atoms with E-state index in [0.717, 1.165) is 10.2 Å². The Kier molecular flexibility index (Phi) is 4.91. The van der Waals surface area contributed by atoms with Crippen LogP contribution >= 0.6 is 15.9 Å². The van der Waals surface area contributed by atoms with E-state index in [9.17, 15) is 9.90 Å². The largest absolute Gasteiger partial charge is 0.506 e. The fourth-order valence-electron chi connectivity index (χ4n) is 2.39. The molecule has 1 aromatic heterocycles. The molecule has 0 spiro atoms. The van der Waals surface area contributed by atoms with E-state index in [-0.39, 0.29) is 18.2 Å². The molecular formula is C19H15BrN2O2. The number of para-hydroxylation sites is 2. The first-order valence-electron chi connectivity index (χ1n) is 7.40. The van der Waals surface area contributed by atoms with Crippen LogP contribution in [0.25, 0.3) is 0 Å². The van der Waals surface area contributed by atoms with E-state index < -0.39 is 0 Å². The Balaban J connectivity index is 2.01. The van der Waals surface area contributed by atoms with E-state index >= 15 is 0 Å². The fraction of sp³-hybridized carbons (Fsp3) is 0.0526. The van der Waals surface area contributed by atoms with Crippen molar-refractivity contribution in [2.75, 3.05) is 4.90 Å². The highest BCUT2D eigenvalue weighted by Gasteiger charge is 2.21. The van der Waals surface area contributed by atoms with E-state index in [0.29, 0.717) is 11.3 Å². The van der Waals surface area contributed by atoms with E-state index in [1.807, 2.05) is 24.3 Å². The number of halogens is 1. The Bertz CT molecular complexity index is 853. The maximum atomic E-state index is 13.0. The molecule has 1 heterocycles. The number of benzene rings is 2. The lowest BCUT2D eigenvalue weighted by Gasteiger charge is -2.23. The van der Waals surface area contributed by atoms with Gasteiger partial charge in [0.1, 0.15) is 5.75 Å². The third kappa shape index (κ3) is 3.63. The number of aromatic hydroxyl groups is 1. The molecule has 0 aliphatic carbocycles. The number of aromatic nitrogens is 1. The van der Waals surface area contributed by atoms with Crippen LogP contribution in [0.5, 0.6) is 5.75 Å². The van der Waals surface area contributed by atoms with E-state index in [2.05, 4.69) is 20.9 Å². The van der Waals surface area contributed by atoms with Crippen molar-refractivity contribution in [2.45, 2.75) is 6.54 Å². The lowest BCUT2D eigenvalue weighted by Crippen LogP contribution is -2.30. The Morgan fingerprint density at radius 3 is 2.54 bits per heavy atom. The maximum absolute atomic E-state index is 13.0. The number of hydrogen-bond acceptors (Lipinski definition) is 3. The molecule has 3 rings (SSSR count). The quantitative estimate of drug-likeness (QED) is 0.727. The topological polar surface area (TPSA) is 53.4 Å². The van der Waals surface area contributed by atoms with Gasteiger partial charge in [-0.05, 0) is 42.5 Å². The van der Waals surface area contributed by atoms with Crippen LogP contribution in [-0.4, -0.2) is 16.0 Å².